The van der Waals surface area contributed by atoms with Crippen LogP contribution < -0.4 is 10.2 Å². The highest BCUT2D eigenvalue weighted by Gasteiger charge is 2.22. The number of ether oxygens (including phenoxy) is 1. The van der Waals surface area contributed by atoms with Crippen LogP contribution in [0.4, 0.5) is 10.1 Å². The molecule has 0 bridgehead atoms. The zero-order chi connectivity index (χ0) is 15.1. The fraction of sp³-hybridized carbons (Fsp3) is 0.625. The number of nitrogens with zero attached hydrogens (tertiary/aromatic N) is 2. The van der Waals surface area contributed by atoms with Crippen molar-refractivity contribution in [3.8, 4) is 0 Å². The van der Waals surface area contributed by atoms with Crippen molar-refractivity contribution in [2.75, 3.05) is 57.9 Å². The summed E-state index contributed by atoms with van der Waals surface area (Å²) >= 11 is 0. The molecule has 1 atom stereocenters. The number of piperazine rings is 1. The van der Waals surface area contributed by atoms with Crippen LogP contribution in [0.25, 0.3) is 0 Å². The van der Waals surface area contributed by atoms with Crippen molar-refractivity contribution in [3.63, 3.8) is 0 Å². The monoisotopic (exact) mass is 295 g/mol. The molecule has 1 saturated heterocycles. The molecule has 1 aliphatic rings. The number of nitrogens with one attached hydrogen (secondary N) is 1. The van der Waals surface area contributed by atoms with E-state index in [4.69, 9.17) is 4.74 Å². The molecular weight excluding hydrogens is 269 g/mol. The summed E-state index contributed by atoms with van der Waals surface area (Å²) in [4.78, 5) is 4.59. The third-order valence-corrected chi connectivity index (χ3v) is 4.05. The van der Waals surface area contributed by atoms with E-state index in [1.54, 1.807) is 13.2 Å². The van der Waals surface area contributed by atoms with E-state index in [-0.39, 0.29) is 5.82 Å². The normalized spacial score (nSPS) is 18.0. The zero-order valence-electron chi connectivity index (χ0n) is 13.0. The van der Waals surface area contributed by atoms with Gasteiger partial charge in [0.1, 0.15) is 5.82 Å². The van der Waals surface area contributed by atoms with Crippen LogP contribution in [0.1, 0.15) is 6.92 Å². The summed E-state index contributed by atoms with van der Waals surface area (Å²) in [5.41, 5.74) is 0.725. The van der Waals surface area contributed by atoms with E-state index >= 15 is 0 Å². The van der Waals surface area contributed by atoms with E-state index in [1.807, 2.05) is 12.1 Å². The average Bonchev–Trinajstić information content (AvgIpc) is 2.52. The van der Waals surface area contributed by atoms with Crippen molar-refractivity contribution >= 4 is 5.69 Å². The largest absolute Gasteiger partial charge is 0.383 e. The second kappa shape index (κ2) is 8.32. The Bertz CT molecular complexity index is 422. The van der Waals surface area contributed by atoms with Gasteiger partial charge in [-0.25, -0.2) is 4.39 Å². The Morgan fingerprint density at radius 1 is 1.24 bits per heavy atom. The maximum absolute atomic E-state index is 13.8. The molecule has 1 fully saturated rings. The number of hydrogen-bond donors (Lipinski definition) is 1. The molecule has 0 saturated carbocycles. The Morgan fingerprint density at radius 3 is 2.62 bits per heavy atom. The fourth-order valence-electron chi connectivity index (χ4n) is 2.73. The summed E-state index contributed by atoms with van der Waals surface area (Å²) in [6.45, 7) is 8.53. The van der Waals surface area contributed by atoms with Crippen LogP contribution in [-0.2, 0) is 4.74 Å². The van der Waals surface area contributed by atoms with Crippen molar-refractivity contribution in [2.24, 2.45) is 0 Å². The molecule has 0 spiro atoms. The smallest absolute Gasteiger partial charge is 0.146 e. The highest BCUT2D eigenvalue weighted by molar-refractivity contribution is 5.47. The summed E-state index contributed by atoms with van der Waals surface area (Å²) in [6.07, 6.45) is 0. The molecule has 1 N–H and O–H groups in total. The number of methoxy groups -OCH3 is 1. The summed E-state index contributed by atoms with van der Waals surface area (Å²) in [5, 5.41) is 3.40. The van der Waals surface area contributed by atoms with Crippen molar-refractivity contribution in [1.82, 2.24) is 10.2 Å². The Labute approximate surface area is 126 Å². The second-order valence-electron chi connectivity index (χ2n) is 5.52. The van der Waals surface area contributed by atoms with Gasteiger partial charge in [-0.1, -0.05) is 12.1 Å². The van der Waals surface area contributed by atoms with Gasteiger partial charge in [0.2, 0.25) is 0 Å². The van der Waals surface area contributed by atoms with Crippen molar-refractivity contribution in [3.05, 3.63) is 30.1 Å². The summed E-state index contributed by atoms with van der Waals surface area (Å²) < 4.78 is 18.8. The predicted molar refractivity (Wildman–Crippen MR) is 84.4 cm³/mol. The van der Waals surface area contributed by atoms with Crippen LogP contribution in [0.3, 0.4) is 0 Å². The highest BCUT2D eigenvalue weighted by Crippen LogP contribution is 2.20. The third-order valence-electron chi connectivity index (χ3n) is 4.05. The van der Waals surface area contributed by atoms with E-state index in [0.717, 1.165) is 51.6 Å². The molecule has 2 rings (SSSR count). The first-order valence-electron chi connectivity index (χ1n) is 7.65. The van der Waals surface area contributed by atoms with Crippen LogP contribution in [0.15, 0.2) is 24.3 Å². The maximum Gasteiger partial charge on any atom is 0.146 e. The summed E-state index contributed by atoms with van der Waals surface area (Å²) in [7, 11) is 1.72. The van der Waals surface area contributed by atoms with Crippen molar-refractivity contribution < 1.29 is 9.13 Å². The average molecular weight is 295 g/mol. The second-order valence-corrected chi connectivity index (χ2v) is 5.52. The van der Waals surface area contributed by atoms with Gasteiger partial charge in [-0.05, 0) is 19.1 Å². The van der Waals surface area contributed by atoms with Gasteiger partial charge < -0.3 is 15.0 Å². The number of benzene rings is 1. The lowest BCUT2D eigenvalue weighted by molar-refractivity contribution is 0.177. The van der Waals surface area contributed by atoms with E-state index in [9.17, 15) is 4.39 Å². The molecule has 0 aliphatic carbocycles. The molecule has 1 aromatic carbocycles. The van der Waals surface area contributed by atoms with Crippen LogP contribution in [0, 0.1) is 5.82 Å². The molecule has 1 heterocycles. The van der Waals surface area contributed by atoms with Crippen LogP contribution >= 0.6 is 0 Å². The van der Waals surface area contributed by atoms with Gasteiger partial charge in [-0.15, -0.1) is 0 Å². The number of rotatable bonds is 7. The molecule has 1 unspecified atom stereocenters. The lowest BCUT2D eigenvalue weighted by atomic mass is 10.2. The zero-order valence-corrected chi connectivity index (χ0v) is 13.0. The SMILES string of the molecule is COCCNCC(C)N1CCN(c2ccccc2F)CC1. The lowest BCUT2D eigenvalue weighted by Gasteiger charge is -2.39. The number of anilines is 1. The van der Waals surface area contributed by atoms with E-state index in [2.05, 4.69) is 22.0 Å². The molecule has 0 amide bonds. The molecule has 1 aliphatic heterocycles. The third kappa shape index (κ3) is 4.66. The quantitative estimate of drug-likeness (QED) is 0.773. The molecule has 118 valence electrons. The molecular formula is C16H26FN3O. The van der Waals surface area contributed by atoms with Crippen molar-refractivity contribution in [1.29, 1.82) is 0 Å². The molecule has 0 radical (unpaired) electrons. The van der Waals surface area contributed by atoms with E-state index in [1.165, 1.54) is 6.07 Å². The molecule has 5 heteroatoms. The molecule has 21 heavy (non-hydrogen) atoms. The minimum atomic E-state index is -0.125. The van der Waals surface area contributed by atoms with Gasteiger partial charge >= 0.3 is 0 Å². The van der Waals surface area contributed by atoms with Gasteiger partial charge in [0, 0.05) is 52.4 Å². The number of para-hydroxylation sites is 1. The van der Waals surface area contributed by atoms with Crippen LogP contribution in [0.5, 0.6) is 0 Å². The standard InChI is InChI=1S/C16H26FN3O/c1-14(13-18-7-12-21-2)19-8-10-20(11-9-19)16-6-4-3-5-15(16)17/h3-6,14,18H,7-13H2,1-2H3. The lowest BCUT2D eigenvalue weighted by Crippen LogP contribution is -2.52. The van der Waals surface area contributed by atoms with E-state index in [0.29, 0.717) is 6.04 Å². The molecule has 0 aromatic heterocycles. The first kappa shape index (κ1) is 16.2. The van der Waals surface area contributed by atoms with Gasteiger partial charge in [0.25, 0.3) is 0 Å². The van der Waals surface area contributed by atoms with Gasteiger partial charge in [-0.2, -0.15) is 0 Å². The molecule has 1 aromatic rings. The summed E-state index contributed by atoms with van der Waals surface area (Å²) in [5.74, 6) is -0.125. The van der Waals surface area contributed by atoms with Gasteiger partial charge in [0.15, 0.2) is 0 Å². The minimum Gasteiger partial charge on any atom is -0.383 e. The van der Waals surface area contributed by atoms with E-state index < -0.39 is 0 Å². The highest BCUT2D eigenvalue weighted by atomic mass is 19.1. The predicted octanol–water partition coefficient (Wildman–Crippen LogP) is 1.57. The van der Waals surface area contributed by atoms with Crippen LogP contribution in [0.2, 0.25) is 0 Å². The Kier molecular flexibility index (Phi) is 6.42. The first-order valence-corrected chi connectivity index (χ1v) is 7.65. The Hall–Kier alpha value is -1.17. The Morgan fingerprint density at radius 2 is 1.95 bits per heavy atom. The Balaban J connectivity index is 1.76. The fourth-order valence-corrected chi connectivity index (χ4v) is 2.73. The maximum atomic E-state index is 13.8. The number of hydrogen-bond acceptors (Lipinski definition) is 4. The topological polar surface area (TPSA) is 27.7 Å². The summed E-state index contributed by atoms with van der Waals surface area (Å²) in [6, 6.07) is 7.52. The number of halogens is 1. The first-order chi connectivity index (χ1) is 10.2. The minimum absolute atomic E-state index is 0.125. The van der Waals surface area contributed by atoms with Gasteiger partial charge in [-0.3, -0.25) is 4.90 Å². The molecule has 4 nitrogen and oxygen atoms in total. The van der Waals surface area contributed by atoms with Crippen molar-refractivity contribution in [2.45, 2.75) is 13.0 Å². The van der Waals surface area contributed by atoms with Gasteiger partial charge in [0.05, 0.1) is 12.3 Å². The van der Waals surface area contributed by atoms with Crippen LogP contribution in [-0.4, -0.2) is 63.9 Å².